The molecule has 0 radical (unpaired) electrons. The number of carbonyl (C=O) groups is 4. The van der Waals surface area contributed by atoms with Gasteiger partial charge in [-0.2, -0.15) is 0 Å². The molecule has 1 rings (SSSR count). The third-order valence-electron chi connectivity index (χ3n) is 15.4. The molecule has 1 heterocycles. The van der Waals surface area contributed by atoms with E-state index in [1.165, 1.54) is 154 Å². The normalized spacial score (nSPS) is 18.0. The van der Waals surface area contributed by atoms with Crippen LogP contribution in [0, 0.1) is 0 Å². The molecule has 12 heteroatoms. The molecule has 0 aromatic rings. The molecule has 3 N–H and O–H groups in total. The highest BCUT2D eigenvalue weighted by atomic mass is 16.7. The van der Waals surface area contributed by atoms with Gasteiger partial charge in [-0.25, -0.2) is 4.79 Å². The average Bonchev–Trinajstić information content (AvgIpc) is 3.52. The van der Waals surface area contributed by atoms with Crippen LogP contribution in [0.15, 0.2) is 48.6 Å². The fourth-order valence-electron chi connectivity index (χ4n) is 10.2. The number of aliphatic carboxylic acids is 1. The number of esters is 3. The fraction of sp³-hybridized carbons (Fsp3) is 0.826. The van der Waals surface area contributed by atoms with Gasteiger partial charge in [0.2, 0.25) is 0 Å². The maximum absolute atomic E-state index is 13.2. The van der Waals surface area contributed by atoms with E-state index in [1.807, 2.05) is 0 Å². The second-order valence-electron chi connectivity index (χ2n) is 23.1. The van der Waals surface area contributed by atoms with E-state index >= 15 is 0 Å². The van der Waals surface area contributed by atoms with Gasteiger partial charge in [-0.15, -0.1) is 0 Å². The van der Waals surface area contributed by atoms with Crippen molar-refractivity contribution in [3.63, 3.8) is 0 Å². The molecular weight excluding hydrogens is 1020 g/mol. The molecule has 0 saturated carbocycles. The predicted octanol–water partition coefficient (Wildman–Crippen LogP) is 18.1. The van der Waals surface area contributed by atoms with Crippen molar-refractivity contribution in [2.45, 2.75) is 353 Å². The Morgan fingerprint density at radius 2 is 0.741 bits per heavy atom. The highest BCUT2D eigenvalue weighted by molar-refractivity contribution is 5.74. The maximum Gasteiger partial charge on any atom is 0.335 e. The minimum Gasteiger partial charge on any atom is -0.479 e. The van der Waals surface area contributed by atoms with Crippen LogP contribution < -0.4 is 0 Å². The Morgan fingerprint density at radius 1 is 0.407 bits per heavy atom. The molecule has 6 atom stereocenters. The minimum absolute atomic E-state index is 0.0454. The number of aliphatic hydroxyl groups excluding tert-OH is 2. The van der Waals surface area contributed by atoms with Crippen molar-refractivity contribution >= 4 is 23.9 Å². The molecule has 0 spiro atoms. The number of aliphatic hydroxyl groups is 2. The SMILES string of the molecule is CCCCC/C=C\C/C=C\CCCCCCCCCC(=O)OC(COC(=O)CCCCCCCCCCCCCCCCCCCCC)COC1OC(C(=O)O)C(O)C(O)C1OC(=O)CCCCCCC/C=C\C/C=C\CCCCC. The molecule has 1 aliphatic heterocycles. The van der Waals surface area contributed by atoms with Crippen molar-refractivity contribution in [1.29, 1.82) is 0 Å². The molecular formula is C69H122O12. The quantitative estimate of drug-likeness (QED) is 0.0228. The van der Waals surface area contributed by atoms with E-state index in [0.717, 1.165) is 103 Å². The van der Waals surface area contributed by atoms with Gasteiger partial charge in [-0.05, 0) is 83.5 Å². The van der Waals surface area contributed by atoms with E-state index in [1.54, 1.807) is 0 Å². The first-order valence-corrected chi connectivity index (χ1v) is 33.6. The van der Waals surface area contributed by atoms with Crippen molar-refractivity contribution in [2.24, 2.45) is 0 Å². The standard InChI is InChI=1S/C69H122O12/c1-4-7-10-13-16-19-22-25-28-30-31-33-35-37-40-43-46-49-52-55-61(70)77-58-60(79-62(71)56-53-50-47-44-41-39-36-32-29-26-23-20-17-14-11-8-5-2)59-78-69-67(65(74)64(73)66(81-69)68(75)76)80-63(72)57-54-51-48-45-42-38-34-27-24-21-18-15-12-9-6-3/h17-18,20-21,26-27,29,34,60,64-67,69,73-74H,4-16,19,22-25,28,30-33,35-59H2,1-3H3,(H,75,76)/b20-17-,21-18-,29-26-,34-27-. The van der Waals surface area contributed by atoms with Gasteiger partial charge >= 0.3 is 23.9 Å². The largest absolute Gasteiger partial charge is 0.479 e. The van der Waals surface area contributed by atoms with Crippen molar-refractivity contribution in [1.82, 2.24) is 0 Å². The summed E-state index contributed by atoms with van der Waals surface area (Å²) in [6, 6.07) is 0. The molecule has 1 fully saturated rings. The first kappa shape index (κ1) is 75.7. The highest BCUT2D eigenvalue weighted by Gasteiger charge is 2.50. The highest BCUT2D eigenvalue weighted by Crippen LogP contribution is 2.27. The number of rotatable bonds is 58. The number of carbonyl (C=O) groups excluding carboxylic acids is 3. The summed E-state index contributed by atoms with van der Waals surface area (Å²) >= 11 is 0. The summed E-state index contributed by atoms with van der Waals surface area (Å²) in [6.45, 7) is 5.98. The zero-order chi connectivity index (χ0) is 58.9. The molecule has 470 valence electrons. The molecule has 0 amide bonds. The number of carboxylic acids is 1. The Balaban J connectivity index is 2.65. The van der Waals surface area contributed by atoms with Crippen molar-refractivity contribution in [3.05, 3.63) is 48.6 Å². The van der Waals surface area contributed by atoms with Gasteiger partial charge in [0.25, 0.3) is 0 Å². The molecule has 0 aliphatic carbocycles. The van der Waals surface area contributed by atoms with Gasteiger partial charge in [0.05, 0.1) is 6.61 Å². The first-order chi connectivity index (χ1) is 39.6. The summed E-state index contributed by atoms with van der Waals surface area (Å²) in [6.07, 6.45) is 57.8. The van der Waals surface area contributed by atoms with Gasteiger partial charge in [0.1, 0.15) is 18.8 Å². The topological polar surface area (TPSA) is 175 Å². The maximum atomic E-state index is 13.2. The summed E-state index contributed by atoms with van der Waals surface area (Å²) in [5.41, 5.74) is 0. The lowest BCUT2D eigenvalue weighted by Gasteiger charge is -2.40. The van der Waals surface area contributed by atoms with Gasteiger partial charge in [0, 0.05) is 19.3 Å². The van der Waals surface area contributed by atoms with E-state index in [4.69, 9.17) is 23.7 Å². The van der Waals surface area contributed by atoms with Crippen LogP contribution in [-0.4, -0.2) is 89.2 Å². The number of hydrogen-bond acceptors (Lipinski definition) is 11. The Bertz CT molecular complexity index is 1590. The third kappa shape index (κ3) is 46.7. The molecule has 0 bridgehead atoms. The van der Waals surface area contributed by atoms with Crippen LogP contribution in [0.2, 0.25) is 0 Å². The number of ether oxygens (including phenoxy) is 5. The predicted molar refractivity (Wildman–Crippen MR) is 331 cm³/mol. The lowest BCUT2D eigenvalue weighted by Crippen LogP contribution is -2.61. The zero-order valence-corrected chi connectivity index (χ0v) is 52.0. The van der Waals surface area contributed by atoms with Crippen LogP contribution in [0.25, 0.3) is 0 Å². The summed E-state index contributed by atoms with van der Waals surface area (Å²) < 4.78 is 28.6. The average molecular weight is 1140 g/mol. The summed E-state index contributed by atoms with van der Waals surface area (Å²) in [7, 11) is 0. The Morgan fingerprint density at radius 3 is 1.14 bits per heavy atom. The van der Waals surface area contributed by atoms with Crippen LogP contribution in [0.1, 0.15) is 316 Å². The van der Waals surface area contributed by atoms with Crippen LogP contribution >= 0.6 is 0 Å². The fourth-order valence-corrected chi connectivity index (χ4v) is 10.2. The second kappa shape index (κ2) is 57.1. The van der Waals surface area contributed by atoms with E-state index < -0.39 is 67.3 Å². The lowest BCUT2D eigenvalue weighted by atomic mass is 9.98. The van der Waals surface area contributed by atoms with E-state index in [-0.39, 0.29) is 25.9 Å². The van der Waals surface area contributed by atoms with Gasteiger partial charge < -0.3 is 39.0 Å². The lowest BCUT2D eigenvalue weighted by molar-refractivity contribution is -0.301. The zero-order valence-electron chi connectivity index (χ0n) is 52.0. The van der Waals surface area contributed by atoms with E-state index in [0.29, 0.717) is 19.3 Å². The van der Waals surface area contributed by atoms with Gasteiger partial charge in [-0.3, -0.25) is 14.4 Å². The first-order valence-electron chi connectivity index (χ1n) is 33.6. The van der Waals surface area contributed by atoms with Gasteiger partial charge in [0.15, 0.2) is 24.6 Å². The summed E-state index contributed by atoms with van der Waals surface area (Å²) in [4.78, 5) is 51.4. The number of carboxylic acid groups (broad SMARTS) is 1. The smallest absolute Gasteiger partial charge is 0.335 e. The van der Waals surface area contributed by atoms with Crippen LogP contribution in [0.4, 0.5) is 0 Å². The second-order valence-corrected chi connectivity index (χ2v) is 23.1. The Kier molecular flexibility index (Phi) is 53.4. The number of unbranched alkanes of at least 4 members (excludes halogenated alkanes) is 36. The monoisotopic (exact) mass is 1140 g/mol. The summed E-state index contributed by atoms with van der Waals surface area (Å²) in [5.74, 6) is -3.12. The van der Waals surface area contributed by atoms with Crippen LogP contribution in [0.3, 0.4) is 0 Å². The molecule has 1 saturated heterocycles. The molecule has 81 heavy (non-hydrogen) atoms. The Labute approximate surface area is 494 Å². The molecule has 6 unspecified atom stereocenters. The van der Waals surface area contributed by atoms with Crippen molar-refractivity contribution < 1.29 is 58.2 Å². The molecule has 12 nitrogen and oxygen atoms in total. The van der Waals surface area contributed by atoms with E-state index in [9.17, 15) is 34.5 Å². The molecule has 0 aromatic carbocycles. The molecule has 1 aliphatic rings. The molecule has 0 aromatic heterocycles. The number of allylic oxidation sites excluding steroid dienone is 8. The van der Waals surface area contributed by atoms with Crippen molar-refractivity contribution in [3.8, 4) is 0 Å². The van der Waals surface area contributed by atoms with E-state index in [2.05, 4.69) is 69.4 Å². The summed E-state index contributed by atoms with van der Waals surface area (Å²) in [5, 5.41) is 31.6. The Hall–Kier alpha value is -3.32. The van der Waals surface area contributed by atoms with Gasteiger partial charge in [-0.1, -0.05) is 262 Å². The minimum atomic E-state index is -1.91. The third-order valence-corrected chi connectivity index (χ3v) is 15.4. The van der Waals surface area contributed by atoms with Crippen molar-refractivity contribution in [2.75, 3.05) is 13.2 Å². The van der Waals surface area contributed by atoms with Crippen LogP contribution in [0.5, 0.6) is 0 Å². The van der Waals surface area contributed by atoms with Crippen LogP contribution in [-0.2, 0) is 42.9 Å². The number of hydrogen-bond donors (Lipinski definition) is 3.